The number of aromatic nitrogens is 1. The van der Waals surface area contributed by atoms with E-state index in [4.69, 9.17) is 14.5 Å². The van der Waals surface area contributed by atoms with Gasteiger partial charge in [-0.1, -0.05) is 25.1 Å². The molecule has 1 unspecified atom stereocenters. The molecule has 6 nitrogen and oxygen atoms in total. The second-order valence-corrected chi connectivity index (χ2v) is 10.2. The SMILES string of the molecule is Cc1cccc(CN(C(=O)COc2cccc3c2OC(C)(C)C3)C2=NC3=C(CCCC3)C2C)n1. The highest BCUT2D eigenvalue weighted by molar-refractivity contribution is 6.02. The molecular weight excluding hydrogens is 426 g/mol. The van der Waals surface area contributed by atoms with E-state index in [0.29, 0.717) is 12.3 Å². The minimum Gasteiger partial charge on any atom is -0.483 e. The molecule has 34 heavy (non-hydrogen) atoms. The average Bonchev–Trinajstić information content (AvgIpc) is 3.31. The van der Waals surface area contributed by atoms with Crippen LogP contribution in [0.15, 0.2) is 52.7 Å². The highest BCUT2D eigenvalue weighted by atomic mass is 16.5. The summed E-state index contributed by atoms with van der Waals surface area (Å²) in [5.74, 6) is 2.19. The van der Waals surface area contributed by atoms with Crippen LogP contribution in [0.1, 0.15) is 63.4 Å². The Morgan fingerprint density at radius 2 is 1.97 bits per heavy atom. The molecule has 3 aliphatic rings. The van der Waals surface area contributed by atoms with Gasteiger partial charge in [-0.3, -0.25) is 14.7 Å². The normalized spacial score (nSPS) is 20.4. The van der Waals surface area contributed by atoms with Crippen molar-refractivity contribution in [3.63, 3.8) is 0 Å². The molecule has 0 radical (unpaired) electrons. The van der Waals surface area contributed by atoms with Crippen LogP contribution in [0, 0.1) is 12.8 Å². The fraction of sp³-hybridized carbons (Fsp3) is 0.464. The van der Waals surface area contributed by atoms with E-state index in [0.717, 1.165) is 54.2 Å². The monoisotopic (exact) mass is 459 g/mol. The standard InChI is InChI=1S/C28H33N3O3/c1-18-9-7-11-21(29-18)16-31(27-19(2)22-12-5-6-13-23(22)30-27)25(32)17-33-24-14-8-10-20-15-28(3,4)34-26(20)24/h7-11,14,19H,5-6,12-13,15-17H2,1-4H3. The van der Waals surface area contributed by atoms with Crippen LogP contribution in [0.2, 0.25) is 0 Å². The molecular formula is C28H33N3O3. The molecule has 0 spiro atoms. The molecule has 178 valence electrons. The molecule has 0 saturated carbocycles. The van der Waals surface area contributed by atoms with E-state index in [1.165, 1.54) is 17.7 Å². The Bertz CT molecular complexity index is 1180. The smallest absolute Gasteiger partial charge is 0.266 e. The number of nitrogens with zero attached hydrogens (tertiary/aromatic N) is 3. The van der Waals surface area contributed by atoms with E-state index in [1.54, 1.807) is 4.90 Å². The summed E-state index contributed by atoms with van der Waals surface area (Å²) in [7, 11) is 0. The third-order valence-corrected chi connectivity index (χ3v) is 6.89. The molecule has 2 aliphatic heterocycles. The van der Waals surface area contributed by atoms with Crippen LogP contribution < -0.4 is 9.47 Å². The fourth-order valence-electron chi connectivity index (χ4n) is 5.26. The molecule has 0 saturated heterocycles. The summed E-state index contributed by atoms with van der Waals surface area (Å²) in [6, 6.07) is 11.8. The number of allylic oxidation sites excluding steroid dienone is 1. The number of fused-ring (bicyclic) bond motifs is 1. The number of carbonyl (C=O) groups excluding carboxylic acids is 1. The lowest BCUT2D eigenvalue weighted by Crippen LogP contribution is -2.42. The molecule has 1 amide bonds. The molecule has 3 heterocycles. The van der Waals surface area contributed by atoms with Gasteiger partial charge >= 0.3 is 0 Å². The van der Waals surface area contributed by atoms with Gasteiger partial charge < -0.3 is 9.47 Å². The third kappa shape index (κ3) is 4.46. The van der Waals surface area contributed by atoms with E-state index >= 15 is 0 Å². The van der Waals surface area contributed by atoms with Crippen molar-refractivity contribution in [1.29, 1.82) is 0 Å². The van der Waals surface area contributed by atoms with E-state index < -0.39 is 0 Å². The van der Waals surface area contributed by atoms with Crippen molar-refractivity contribution >= 4 is 11.7 Å². The van der Waals surface area contributed by atoms with Crippen LogP contribution in [-0.2, 0) is 17.8 Å². The van der Waals surface area contributed by atoms with Gasteiger partial charge in [-0.15, -0.1) is 0 Å². The topological polar surface area (TPSA) is 64.0 Å². The summed E-state index contributed by atoms with van der Waals surface area (Å²) in [5.41, 5.74) is 5.17. The van der Waals surface area contributed by atoms with Gasteiger partial charge in [0.15, 0.2) is 18.1 Å². The predicted molar refractivity (Wildman–Crippen MR) is 132 cm³/mol. The number of amides is 1. The van der Waals surface area contributed by atoms with Gasteiger partial charge in [0.2, 0.25) is 0 Å². The number of aliphatic imine (C=N–C) groups is 1. The molecule has 1 atom stereocenters. The van der Waals surface area contributed by atoms with Crippen molar-refractivity contribution < 1.29 is 14.3 Å². The zero-order valence-corrected chi connectivity index (χ0v) is 20.6. The fourth-order valence-corrected chi connectivity index (χ4v) is 5.26. The minimum atomic E-state index is -0.270. The first-order chi connectivity index (χ1) is 16.3. The van der Waals surface area contributed by atoms with Crippen molar-refractivity contribution in [3.05, 3.63) is 64.6 Å². The van der Waals surface area contributed by atoms with Crippen LogP contribution in [0.4, 0.5) is 0 Å². The molecule has 0 fully saturated rings. The van der Waals surface area contributed by atoms with Crippen LogP contribution in [-0.4, -0.2) is 33.8 Å². The summed E-state index contributed by atoms with van der Waals surface area (Å²) in [4.78, 5) is 25.0. The minimum absolute atomic E-state index is 0.0809. The maximum atomic E-state index is 13.6. The maximum Gasteiger partial charge on any atom is 0.266 e. The van der Waals surface area contributed by atoms with E-state index in [-0.39, 0.29) is 24.0 Å². The quantitative estimate of drug-likeness (QED) is 0.602. The summed E-state index contributed by atoms with van der Waals surface area (Å²) in [6.45, 7) is 8.55. The first kappa shape index (κ1) is 22.6. The maximum absolute atomic E-state index is 13.6. The molecule has 1 aliphatic carbocycles. The Balaban J connectivity index is 1.38. The van der Waals surface area contributed by atoms with E-state index in [9.17, 15) is 4.79 Å². The molecule has 1 aromatic heterocycles. The first-order valence-electron chi connectivity index (χ1n) is 12.3. The molecule has 6 heteroatoms. The van der Waals surface area contributed by atoms with Gasteiger partial charge in [0.1, 0.15) is 11.4 Å². The Morgan fingerprint density at radius 3 is 2.76 bits per heavy atom. The van der Waals surface area contributed by atoms with Crippen LogP contribution in [0.3, 0.4) is 0 Å². The van der Waals surface area contributed by atoms with Crippen molar-refractivity contribution in [2.75, 3.05) is 6.61 Å². The Kier molecular flexibility index (Phi) is 5.92. The highest BCUT2D eigenvalue weighted by Gasteiger charge is 2.35. The van der Waals surface area contributed by atoms with Crippen LogP contribution in [0.5, 0.6) is 11.5 Å². The van der Waals surface area contributed by atoms with Crippen LogP contribution >= 0.6 is 0 Å². The summed E-state index contributed by atoms with van der Waals surface area (Å²) in [6.07, 6.45) is 5.23. The molecule has 0 N–H and O–H groups in total. The van der Waals surface area contributed by atoms with Gasteiger partial charge in [0, 0.05) is 29.3 Å². The number of hydrogen-bond donors (Lipinski definition) is 0. The van der Waals surface area contributed by atoms with Crippen molar-refractivity contribution in [3.8, 4) is 11.5 Å². The number of aryl methyl sites for hydroxylation is 1. The first-order valence-corrected chi connectivity index (χ1v) is 12.3. The average molecular weight is 460 g/mol. The van der Waals surface area contributed by atoms with Gasteiger partial charge in [-0.25, -0.2) is 4.99 Å². The second kappa shape index (κ2) is 8.90. The summed E-state index contributed by atoms with van der Waals surface area (Å²) < 4.78 is 12.2. The van der Waals surface area contributed by atoms with Crippen molar-refractivity contribution in [2.24, 2.45) is 10.9 Å². The highest BCUT2D eigenvalue weighted by Crippen LogP contribution is 2.42. The third-order valence-electron chi connectivity index (χ3n) is 6.89. The second-order valence-electron chi connectivity index (χ2n) is 10.2. The zero-order valence-electron chi connectivity index (χ0n) is 20.6. The van der Waals surface area contributed by atoms with Crippen LogP contribution in [0.25, 0.3) is 0 Å². The lowest BCUT2D eigenvalue weighted by Gasteiger charge is -2.26. The lowest BCUT2D eigenvalue weighted by atomic mass is 9.89. The summed E-state index contributed by atoms with van der Waals surface area (Å²) in [5, 5.41) is 0. The Morgan fingerprint density at radius 1 is 1.18 bits per heavy atom. The van der Waals surface area contributed by atoms with E-state index in [2.05, 4.69) is 31.8 Å². The van der Waals surface area contributed by atoms with Gasteiger partial charge in [-0.05, 0) is 70.2 Å². The van der Waals surface area contributed by atoms with Gasteiger partial charge in [-0.2, -0.15) is 0 Å². The van der Waals surface area contributed by atoms with Crippen molar-refractivity contribution in [1.82, 2.24) is 9.88 Å². The largest absolute Gasteiger partial charge is 0.483 e. The van der Waals surface area contributed by atoms with Gasteiger partial charge in [0.05, 0.1) is 12.2 Å². The molecule has 0 bridgehead atoms. The molecule has 1 aromatic carbocycles. The Labute approximate surface area is 201 Å². The lowest BCUT2D eigenvalue weighted by molar-refractivity contribution is -0.130. The summed E-state index contributed by atoms with van der Waals surface area (Å²) >= 11 is 0. The van der Waals surface area contributed by atoms with Crippen molar-refractivity contribution in [2.45, 2.75) is 71.9 Å². The predicted octanol–water partition coefficient (Wildman–Crippen LogP) is 5.39. The molecule has 2 aromatic rings. The van der Waals surface area contributed by atoms with E-state index in [1.807, 2.05) is 37.3 Å². The zero-order chi connectivity index (χ0) is 23.9. The number of ether oxygens (including phenoxy) is 2. The molecule has 5 rings (SSSR count). The number of rotatable bonds is 5. The number of amidine groups is 1. The number of hydrogen-bond acceptors (Lipinski definition) is 5. The van der Waals surface area contributed by atoms with Gasteiger partial charge in [0.25, 0.3) is 5.91 Å². The number of benzene rings is 1. The number of para-hydroxylation sites is 1. The number of pyridine rings is 1. The number of carbonyl (C=O) groups is 1. The Hall–Kier alpha value is -3.15.